The number of nitrogens with zero attached hydrogens (tertiary/aromatic N) is 3. The third-order valence-corrected chi connectivity index (χ3v) is 3.77. The SMILES string of the molecule is CNc1nc(C)cc(N2CCC(NC(=O)OC(C)(C)C)C2)c1[N+](=O)[O-]. The Morgan fingerprint density at radius 2 is 2.16 bits per heavy atom. The molecule has 1 unspecified atom stereocenters. The van der Waals surface area contributed by atoms with Crippen LogP contribution in [0, 0.1) is 17.0 Å². The van der Waals surface area contributed by atoms with Crippen LogP contribution in [0.4, 0.5) is 22.0 Å². The molecule has 9 heteroatoms. The van der Waals surface area contributed by atoms with E-state index < -0.39 is 16.6 Å². The van der Waals surface area contributed by atoms with Crippen LogP contribution in [0.1, 0.15) is 32.9 Å². The number of carbonyl (C=O) groups excluding carboxylic acids is 1. The largest absolute Gasteiger partial charge is 0.444 e. The van der Waals surface area contributed by atoms with Crippen molar-refractivity contribution in [2.45, 2.75) is 45.8 Å². The highest BCUT2D eigenvalue weighted by Gasteiger charge is 2.32. The van der Waals surface area contributed by atoms with Crippen LogP contribution in [-0.2, 0) is 4.74 Å². The molecule has 1 aliphatic rings. The molecule has 1 aromatic rings. The molecule has 0 radical (unpaired) electrons. The minimum Gasteiger partial charge on any atom is -0.444 e. The number of rotatable bonds is 4. The molecular formula is C16H25N5O4. The highest BCUT2D eigenvalue weighted by Crippen LogP contribution is 2.36. The summed E-state index contributed by atoms with van der Waals surface area (Å²) in [5.74, 6) is 0.239. The first-order valence-electron chi connectivity index (χ1n) is 8.19. The fourth-order valence-electron chi connectivity index (χ4n) is 2.82. The van der Waals surface area contributed by atoms with E-state index in [1.54, 1.807) is 40.8 Å². The number of aryl methyl sites for hydroxylation is 1. The number of alkyl carbamates (subject to hydrolysis) is 1. The van der Waals surface area contributed by atoms with Gasteiger partial charge in [0.1, 0.15) is 11.3 Å². The summed E-state index contributed by atoms with van der Waals surface area (Å²) < 4.78 is 5.26. The van der Waals surface area contributed by atoms with Gasteiger partial charge in [-0.15, -0.1) is 0 Å². The highest BCUT2D eigenvalue weighted by atomic mass is 16.6. The van der Waals surface area contributed by atoms with Gasteiger partial charge in [-0.05, 0) is 40.2 Å². The molecule has 0 aromatic carbocycles. The van der Waals surface area contributed by atoms with Gasteiger partial charge in [-0.25, -0.2) is 9.78 Å². The summed E-state index contributed by atoms with van der Waals surface area (Å²) in [6.07, 6.45) is 0.211. The van der Waals surface area contributed by atoms with Gasteiger partial charge in [-0.1, -0.05) is 0 Å². The number of amides is 1. The summed E-state index contributed by atoms with van der Waals surface area (Å²) in [6.45, 7) is 8.28. The summed E-state index contributed by atoms with van der Waals surface area (Å²) in [6, 6.07) is 1.58. The molecule has 1 saturated heterocycles. The molecular weight excluding hydrogens is 326 g/mol. The van der Waals surface area contributed by atoms with E-state index >= 15 is 0 Å². The molecule has 138 valence electrons. The fraction of sp³-hybridized carbons (Fsp3) is 0.625. The summed E-state index contributed by atoms with van der Waals surface area (Å²) in [5, 5.41) is 17.1. The lowest BCUT2D eigenvalue weighted by Gasteiger charge is -2.22. The fourth-order valence-corrected chi connectivity index (χ4v) is 2.82. The van der Waals surface area contributed by atoms with E-state index in [9.17, 15) is 14.9 Å². The standard InChI is InChI=1S/C16H25N5O4/c1-10-8-12(13(21(23)24)14(17-5)18-10)20-7-6-11(9-20)19-15(22)25-16(2,3)4/h8,11H,6-7,9H2,1-5H3,(H,17,18)(H,19,22). The zero-order chi connectivity index (χ0) is 18.8. The smallest absolute Gasteiger partial charge is 0.407 e. The van der Waals surface area contributed by atoms with Crippen LogP contribution in [0.5, 0.6) is 0 Å². The summed E-state index contributed by atoms with van der Waals surface area (Å²) in [5.41, 5.74) is 0.584. The van der Waals surface area contributed by atoms with Crippen LogP contribution in [0.3, 0.4) is 0 Å². The summed E-state index contributed by atoms with van der Waals surface area (Å²) in [7, 11) is 1.61. The Kier molecular flexibility index (Phi) is 5.34. The maximum Gasteiger partial charge on any atom is 0.407 e. The van der Waals surface area contributed by atoms with Gasteiger partial charge in [-0.2, -0.15) is 0 Å². The summed E-state index contributed by atoms with van der Waals surface area (Å²) >= 11 is 0. The van der Waals surface area contributed by atoms with Gasteiger partial charge in [-0.3, -0.25) is 10.1 Å². The molecule has 1 aromatic heterocycles. The molecule has 0 bridgehead atoms. The van der Waals surface area contributed by atoms with Gasteiger partial charge < -0.3 is 20.3 Å². The Hall–Kier alpha value is -2.58. The first-order valence-corrected chi connectivity index (χ1v) is 8.19. The number of carbonyl (C=O) groups is 1. The number of anilines is 2. The van der Waals surface area contributed by atoms with E-state index in [0.29, 0.717) is 30.9 Å². The zero-order valence-corrected chi connectivity index (χ0v) is 15.3. The maximum absolute atomic E-state index is 11.9. The first kappa shape index (κ1) is 18.8. The second-order valence-electron chi connectivity index (χ2n) is 7.06. The average molecular weight is 351 g/mol. The summed E-state index contributed by atoms with van der Waals surface area (Å²) in [4.78, 5) is 29.1. The Bertz CT molecular complexity index is 671. The van der Waals surface area contributed by atoms with Crippen LogP contribution >= 0.6 is 0 Å². The van der Waals surface area contributed by atoms with E-state index in [2.05, 4.69) is 15.6 Å². The predicted octanol–water partition coefficient (Wildman–Crippen LogP) is 2.44. The molecule has 1 amide bonds. The first-order chi connectivity index (χ1) is 11.6. The van der Waals surface area contributed by atoms with Crippen LogP contribution in [0.15, 0.2) is 6.07 Å². The average Bonchev–Trinajstić information content (AvgIpc) is 2.91. The highest BCUT2D eigenvalue weighted by molar-refractivity contribution is 5.75. The lowest BCUT2D eigenvalue weighted by atomic mass is 10.2. The van der Waals surface area contributed by atoms with Crippen molar-refractivity contribution in [2.24, 2.45) is 0 Å². The van der Waals surface area contributed by atoms with Gasteiger partial charge in [0.2, 0.25) is 5.82 Å². The second-order valence-corrected chi connectivity index (χ2v) is 7.06. The maximum atomic E-state index is 11.9. The van der Waals surface area contributed by atoms with E-state index in [1.165, 1.54) is 0 Å². The van der Waals surface area contributed by atoms with E-state index in [1.807, 2.05) is 4.90 Å². The number of pyridine rings is 1. The monoisotopic (exact) mass is 351 g/mol. The van der Waals surface area contributed by atoms with Crippen LogP contribution in [0.2, 0.25) is 0 Å². The Balaban J connectivity index is 2.15. The van der Waals surface area contributed by atoms with Crippen molar-refractivity contribution in [1.29, 1.82) is 0 Å². The molecule has 0 spiro atoms. The lowest BCUT2D eigenvalue weighted by Crippen LogP contribution is -2.40. The van der Waals surface area contributed by atoms with E-state index in [0.717, 1.165) is 0 Å². The van der Waals surface area contributed by atoms with Gasteiger partial charge in [0.15, 0.2) is 0 Å². The third kappa shape index (κ3) is 4.71. The number of hydrogen-bond acceptors (Lipinski definition) is 7. The third-order valence-electron chi connectivity index (χ3n) is 3.77. The van der Waals surface area contributed by atoms with Crippen molar-refractivity contribution in [3.8, 4) is 0 Å². The van der Waals surface area contributed by atoms with Crippen molar-refractivity contribution < 1.29 is 14.5 Å². The molecule has 9 nitrogen and oxygen atoms in total. The molecule has 2 rings (SSSR count). The van der Waals surface area contributed by atoms with Crippen LogP contribution < -0.4 is 15.5 Å². The van der Waals surface area contributed by atoms with E-state index in [-0.39, 0.29) is 17.5 Å². The minimum absolute atomic E-state index is 0.0500. The van der Waals surface area contributed by atoms with Crippen LogP contribution in [-0.4, -0.2) is 47.8 Å². The molecule has 25 heavy (non-hydrogen) atoms. The van der Waals surface area contributed by atoms with Gasteiger partial charge in [0, 0.05) is 25.8 Å². The molecule has 1 fully saturated rings. The number of hydrogen-bond donors (Lipinski definition) is 2. The van der Waals surface area contributed by atoms with Crippen LogP contribution in [0.25, 0.3) is 0 Å². The second kappa shape index (κ2) is 7.12. The molecule has 1 aliphatic heterocycles. The Morgan fingerprint density at radius 3 is 2.72 bits per heavy atom. The normalized spacial score (nSPS) is 17.3. The van der Waals surface area contributed by atoms with Crippen molar-refractivity contribution in [2.75, 3.05) is 30.4 Å². The van der Waals surface area contributed by atoms with Crippen molar-refractivity contribution in [3.05, 3.63) is 21.9 Å². The number of nitrogens with one attached hydrogen (secondary N) is 2. The van der Waals surface area contributed by atoms with Crippen molar-refractivity contribution >= 4 is 23.3 Å². The number of aromatic nitrogens is 1. The molecule has 2 N–H and O–H groups in total. The molecule has 1 atom stereocenters. The number of ether oxygens (including phenoxy) is 1. The van der Waals surface area contributed by atoms with Gasteiger partial charge >= 0.3 is 11.8 Å². The lowest BCUT2D eigenvalue weighted by molar-refractivity contribution is -0.383. The Morgan fingerprint density at radius 1 is 1.48 bits per heavy atom. The molecule has 0 saturated carbocycles. The predicted molar refractivity (Wildman–Crippen MR) is 95.2 cm³/mol. The van der Waals surface area contributed by atoms with E-state index in [4.69, 9.17) is 4.74 Å². The van der Waals surface area contributed by atoms with Crippen molar-refractivity contribution in [3.63, 3.8) is 0 Å². The zero-order valence-electron chi connectivity index (χ0n) is 15.3. The quantitative estimate of drug-likeness (QED) is 0.633. The Labute approximate surface area is 146 Å². The molecule has 2 heterocycles. The van der Waals surface area contributed by atoms with Crippen molar-refractivity contribution in [1.82, 2.24) is 10.3 Å². The van der Waals surface area contributed by atoms with Gasteiger partial charge in [0.25, 0.3) is 0 Å². The minimum atomic E-state index is -0.564. The topological polar surface area (TPSA) is 110 Å². The molecule has 0 aliphatic carbocycles. The number of nitro groups is 1. The van der Waals surface area contributed by atoms with Gasteiger partial charge in [0.05, 0.1) is 11.0 Å².